The van der Waals surface area contributed by atoms with Crippen LogP contribution < -0.4 is 9.47 Å². The summed E-state index contributed by atoms with van der Waals surface area (Å²) in [5, 5.41) is 0. The minimum absolute atomic E-state index is 0.126. The van der Waals surface area contributed by atoms with Crippen molar-refractivity contribution in [2.24, 2.45) is 0 Å². The van der Waals surface area contributed by atoms with Gasteiger partial charge < -0.3 is 9.47 Å². The van der Waals surface area contributed by atoms with Gasteiger partial charge in [0.05, 0.1) is 12.2 Å². The normalized spacial score (nSPS) is 13.6. The Morgan fingerprint density at radius 1 is 0.684 bits per heavy atom. The average Bonchev–Trinajstić information content (AvgIpc) is 2.40. The number of hydrogen-bond acceptors (Lipinski definition) is 2. The van der Waals surface area contributed by atoms with Crippen LogP contribution in [0, 0.1) is 0 Å². The van der Waals surface area contributed by atoms with E-state index in [2.05, 4.69) is 13.8 Å². The topological polar surface area (TPSA) is 18.5 Å². The molecule has 0 aromatic heterocycles. The van der Waals surface area contributed by atoms with Crippen LogP contribution in [-0.2, 0) is 0 Å². The Labute approximate surface area is 115 Å². The Hall–Kier alpha value is -1.96. The van der Waals surface area contributed by atoms with Crippen molar-refractivity contribution in [3.8, 4) is 11.5 Å². The molecule has 0 saturated carbocycles. The highest BCUT2D eigenvalue weighted by molar-refractivity contribution is 5.22. The summed E-state index contributed by atoms with van der Waals surface area (Å²) in [5.74, 6) is 1.81. The summed E-state index contributed by atoms with van der Waals surface area (Å²) in [5.41, 5.74) is 0. The molecule has 0 radical (unpaired) electrons. The molecule has 0 amide bonds. The predicted octanol–water partition coefficient (Wildman–Crippen LogP) is 4.31. The summed E-state index contributed by atoms with van der Waals surface area (Å²) in [6, 6.07) is 19.8. The first-order valence-corrected chi connectivity index (χ1v) is 6.67. The number of para-hydroxylation sites is 2. The van der Waals surface area contributed by atoms with Crippen molar-refractivity contribution in [1.82, 2.24) is 0 Å². The lowest BCUT2D eigenvalue weighted by molar-refractivity contribution is 0.131. The quantitative estimate of drug-likeness (QED) is 0.766. The van der Waals surface area contributed by atoms with Crippen molar-refractivity contribution in [3.63, 3.8) is 0 Å². The van der Waals surface area contributed by atoms with E-state index in [0.717, 1.165) is 17.9 Å². The van der Waals surface area contributed by atoms with E-state index < -0.39 is 0 Å². The first kappa shape index (κ1) is 13.5. The van der Waals surface area contributed by atoms with Gasteiger partial charge in [-0.05, 0) is 38.1 Å². The molecular weight excluding hydrogens is 236 g/mol. The zero-order chi connectivity index (χ0) is 13.5. The van der Waals surface area contributed by atoms with E-state index in [1.54, 1.807) is 0 Å². The predicted molar refractivity (Wildman–Crippen MR) is 77.7 cm³/mol. The van der Waals surface area contributed by atoms with Crippen molar-refractivity contribution < 1.29 is 9.47 Å². The van der Waals surface area contributed by atoms with Gasteiger partial charge in [-0.15, -0.1) is 0 Å². The number of rotatable bonds is 6. The van der Waals surface area contributed by atoms with E-state index in [1.165, 1.54) is 0 Å². The van der Waals surface area contributed by atoms with Crippen LogP contribution in [0.5, 0.6) is 11.5 Å². The molecular formula is C17H20O2. The average molecular weight is 256 g/mol. The fourth-order valence-corrected chi connectivity index (χ4v) is 2.03. The van der Waals surface area contributed by atoms with Crippen molar-refractivity contribution in [3.05, 3.63) is 60.7 Å². The molecule has 0 unspecified atom stereocenters. The van der Waals surface area contributed by atoms with Gasteiger partial charge in [-0.1, -0.05) is 36.4 Å². The Bertz CT molecular complexity index is 422. The first-order valence-electron chi connectivity index (χ1n) is 6.67. The van der Waals surface area contributed by atoms with E-state index in [9.17, 15) is 0 Å². The Morgan fingerprint density at radius 2 is 1.05 bits per heavy atom. The zero-order valence-corrected chi connectivity index (χ0v) is 11.5. The van der Waals surface area contributed by atoms with Gasteiger partial charge in [-0.2, -0.15) is 0 Å². The summed E-state index contributed by atoms with van der Waals surface area (Å²) < 4.78 is 11.7. The highest BCUT2D eigenvalue weighted by Crippen LogP contribution is 2.16. The number of ether oxygens (including phenoxy) is 2. The van der Waals surface area contributed by atoms with Crippen molar-refractivity contribution in [2.45, 2.75) is 32.5 Å². The third kappa shape index (κ3) is 4.66. The second-order valence-electron chi connectivity index (χ2n) is 4.72. The molecule has 0 aliphatic carbocycles. The van der Waals surface area contributed by atoms with E-state index in [4.69, 9.17) is 9.47 Å². The second-order valence-corrected chi connectivity index (χ2v) is 4.72. The smallest absolute Gasteiger partial charge is 0.119 e. The van der Waals surface area contributed by atoms with Crippen LogP contribution in [0.2, 0.25) is 0 Å². The first-order chi connectivity index (χ1) is 9.24. The highest BCUT2D eigenvalue weighted by Gasteiger charge is 2.11. The van der Waals surface area contributed by atoms with Crippen molar-refractivity contribution in [2.75, 3.05) is 0 Å². The summed E-state index contributed by atoms with van der Waals surface area (Å²) in [6.07, 6.45) is 1.10. The fourth-order valence-electron chi connectivity index (χ4n) is 2.03. The van der Waals surface area contributed by atoms with Crippen LogP contribution >= 0.6 is 0 Å². The minimum Gasteiger partial charge on any atom is -0.491 e. The molecule has 2 rings (SSSR count). The zero-order valence-electron chi connectivity index (χ0n) is 11.5. The SMILES string of the molecule is C[C@@H](C[C@H](C)Oc1ccccc1)Oc1ccccc1. The van der Waals surface area contributed by atoms with Crippen LogP contribution in [-0.4, -0.2) is 12.2 Å². The molecule has 0 fully saturated rings. The van der Waals surface area contributed by atoms with Gasteiger partial charge in [0.25, 0.3) is 0 Å². The van der Waals surface area contributed by atoms with Crippen LogP contribution in [0.15, 0.2) is 60.7 Å². The summed E-state index contributed by atoms with van der Waals surface area (Å²) >= 11 is 0. The van der Waals surface area contributed by atoms with Crippen LogP contribution in [0.3, 0.4) is 0 Å². The van der Waals surface area contributed by atoms with Gasteiger partial charge >= 0.3 is 0 Å². The second kappa shape index (κ2) is 6.83. The third-order valence-corrected chi connectivity index (χ3v) is 2.82. The van der Waals surface area contributed by atoms with Crippen LogP contribution in [0.4, 0.5) is 0 Å². The lowest BCUT2D eigenvalue weighted by Crippen LogP contribution is -2.22. The van der Waals surface area contributed by atoms with E-state index in [-0.39, 0.29) is 12.2 Å². The lowest BCUT2D eigenvalue weighted by Gasteiger charge is -2.20. The van der Waals surface area contributed by atoms with Crippen molar-refractivity contribution in [1.29, 1.82) is 0 Å². The minimum atomic E-state index is 0.126. The van der Waals surface area contributed by atoms with E-state index in [0.29, 0.717) is 0 Å². The molecule has 0 saturated heterocycles. The highest BCUT2D eigenvalue weighted by atomic mass is 16.5. The molecule has 0 heterocycles. The molecule has 0 aliphatic rings. The van der Waals surface area contributed by atoms with Gasteiger partial charge in [0, 0.05) is 6.42 Å². The molecule has 2 aromatic rings. The molecule has 100 valence electrons. The Morgan fingerprint density at radius 3 is 1.42 bits per heavy atom. The maximum atomic E-state index is 5.84. The van der Waals surface area contributed by atoms with Crippen LogP contribution in [0.25, 0.3) is 0 Å². The molecule has 2 nitrogen and oxygen atoms in total. The van der Waals surface area contributed by atoms with Gasteiger partial charge in [-0.3, -0.25) is 0 Å². The molecule has 0 bridgehead atoms. The van der Waals surface area contributed by atoms with Gasteiger partial charge in [0.1, 0.15) is 11.5 Å². The largest absolute Gasteiger partial charge is 0.491 e. The maximum Gasteiger partial charge on any atom is 0.119 e. The van der Waals surface area contributed by atoms with Gasteiger partial charge in [-0.25, -0.2) is 0 Å². The Kier molecular flexibility index (Phi) is 4.85. The number of hydrogen-bond donors (Lipinski definition) is 0. The molecule has 2 aromatic carbocycles. The fraction of sp³-hybridized carbons (Fsp3) is 0.294. The number of benzene rings is 2. The molecule has 2 atom stereocenters. The summed E-state index contributed by atoms with van der Waals surface area (Å²) in [4.78, 5) is 0. The molecule has 19 heavy (non-hydrogen) atoms. The summed E-state index contributed by atoms with van der Waals surface area (Å²) in [7, 11) is 0. The maximum absolute atomic E-state index is 5.84. The monoisotopic (exact) mass is 256 g/mol. The van der Waals surface area contributed by atoms with Gasteiger partial charge in [0.15, 0.2) is 0 Å². The molecule has 2 heteroatoms. The van der Waals surface area contributed by atoms with E-state index in [1.807, 2.05) is 60.7 Å². The third-order valence-electron chi connectivity index (χ3n) is 2.82. The van der Waals surface area contributed by atoms with E-state index >= 15 is 0 Å². The lowest BCUT2D eigenvalue weighted by atomic mass is 10.2. The molecule has 0 spiro atoms. The standard InChI is InChI=1S/C17H20O2/c1-14(18-16-9-5-3-6-10-16)13-15(2)19-17-11-7-4-8-12-17/h3-12,14-15H,13H2,1-2H3/t14-,15-/m0/s1. The van der Waals surface area contributed by atoms with Crippen molar-refractivity contribution >= 4 is 0 Å². The summed E-state index contributed by atoms with van der Waals surface area (Å²) in [6.45, 7) is 4.13. The van der Waals surface area contributed by atoms with Crippen LogP contribution in [0.1, 0.15) is 20.3 Å². The molecule has 0 aliphatic heterocycles. The Balaban J connectivity index is 1.80. The van der Waals surface area contributed by atoms with Gasteiger partial charge in [0.2, 0.25) is 0 Å². The molecule has 0 N–H and O–H groups in total.